The summed E-state index contributed by atoms with van der Waals surface area (Å²) >= 11 is 13.7. The number of nitrogens with one attached hydrogen (secondary N) is 1. The monoisotopic (exact) mass is 515 g/mol. The second-order valence-corrected chi connectivity index (χ2v) is 7.11. The lowest BCUT2D eigenvalue weighted by atomic mass is 10.1. The van der Waals surface area contributed by atoms with Crippen LogP contribution in [0, 0.1) is 3.57 Å². The number of amides is 1. The number of ether oxygens (including phenoxy) is 1. The molecular formula is C17H11Cl2F3INO2. The van der Waals surface area contributed by atoms with E-state index in [2.05, 4.69) is 5.32 Å². The minimum atomic E-state index is -4.59. The van der Waals surface area contributed by atoms with Gasteiger partial charge in [0.2, 0.25) is 5.91 Å². The van der Waals surface area contributed by atoms with E-state index in [4.69, 9.17) is 27.9 Å². The van der Waals surface area contributed by atoms with Crippen molar-refractivity contribution in [2.24, 2.45) is 0 Å². The van der Waals surface area contributed by atoms with Crippen molar-refractivity contribution in [2.45, 2.75) is 6.18 Å². The molecule has 2 aromatic carbocycles. The van der Waals surface area contributed by atoms with Crippen molar-refractivity contribution < 1.29 is 22.7 Å². The van der Waals surface area contributed by atoms with Gasteiger partial charge in [-0.1, -0.05) is 23.2 Å². The van der Waals surface area contributed by atoms with E-state index >= 15 is 0 Å². The molecule has 0 aliphatic carbocycles. The molecule has 0 bridgehead atoms. The van der Waals surface area contributed by atoms with Gasteiger partial charge in [0.15, 0.2) is 0 Å². The first-order valence-electron chi connectivity index (χ1n) is 7.00. The molecule has 1 amide bonds. The van der Waals surface area contributed by atoms with Crippen molar-refractivity contribution in [3.05, 3.63) is 61.2 Å². The van der Waals surface area contributed by atoms with Gasteiger partial charge in [-0.2, -0.15) is 13.2 Å². The molecule has 0 fully saturated rings. The molecule has 0 aliphatic heterocycles. The van der Waals surface area contributed by atoms with Gasteiger partial charge in [0.05, 0.1) is 23.4 Å². The molecule has 0 radical (unpaired) electrons. The van der Waals surface area contributed by atoms with E-state index < -0.39 is 17.6 Å². The van der Waals surface area contributed by atoms with Crippen molar-refractivity contribution in [3.8, 4) is 5.75 Å². The Kier molecular flexibility index (Phi) is 6.81. The fourth-order valence-electron chi connectivity index (χ4n) is 2.12. The van der Waals surface area contributed by atoms with Crippen LogP contribution < -0.4 is 10.1 Å². The van der Waals surface area contributed by atoms with Gasteiger partial charge in [-0.05, 0) is 59.0 Å². The van der Waals surface area contributed by atoms with Crippen molar-refractivity contribution in [1.29, 1.82) is 0 Å². The number of halogens is 6. The van der Waals surface area contributed by atoms with Crippen molar-refractivity contribution in [3.63, 3.8) is 0 Å². The van der Waals surface area contributed by atoms with Gasteiger partial charge in [0.25, 0.3) is 0 Å². The van der Waals surface area contributed by atoms with Gasteiger partial charge in [0, 0.05) is 20.2 Å². The smallest absolute Gasteiger partial charge is 0.418 e. The van der Waals surface area contributed by atoms with E-state index in [1.54, 1.807) is 22.6 Å². The van der Waals surface area contributed by atoms with Crippen LogP contribution in [0.5, 0.6) is 5.75 Å². The first kappa shape index (κ1) is 20.9. The maximum atomic E-state index is 13.1. The van der Waals surface area contributed by atoms with Crippen LogP contribution in [-0.2, 0) is 11.0 Å². The zero-order chi connectivity index (χ0) is 19.5. The number of alkyl halides is 3. The maximum Gasteiger partial charge on any atom is 0.418 e. The summed E-state index contributed by atoms with van der Waals surface area (Å²) in [6.07, 6.45) is -2.16. The van der Waals surface area contributed by atoms with E-state index in [-0.39, 0.29) is 10.7 Å². The van der Waals surface area contributed by atoms with Crippen LogP contribution in [-0.4, -0.2) is 13.0 Å². The van der Waals surface area contributed by atoms with Crippen LogP contribution in [0.1, 0.15) is 11.1 Å². The Morgan fingerprint density at radius 2 is 1.92 bits per heavy atom. The molecule has 26 heavy (non-hydrogen) atoms. The Hall–Kier alpha value is -1.45. The molecule has 0 spiro atoms. The van der Waals surface area contributed by atoms with Gasteiger partial charge in [-0.3, -0.25) is 4.79 Å². The Balaban J connectivity index is 2.27. The van der Waals surface area contributed by atoms with Gasteiger partial charge >= 0.3 is 6.18 Å². The zero-order valence-electron chi connectivity index (χ0n) is 13.1. The summed E-state index contributed by atoms with van der Waals surface area (Å²) in [5, 5.41) is 2.80. The van der Waals surface area contributed by atoms with Crippen LogP contribution in [0.4, 0.5) is 18.9 Å². The maximum absolute atomic E-state index is 13.1. The third-order valence-corrected chi connectivity index (χ3v) is 4.37. The van der Waals surface area contributed by atoms with Gasteiger partial charge < -0.3 is 10.1 Å². The molecule has 0 saturated heterocycles. The second-order valence-electron chi connectivity index (χ2n) is 5.02. The predicted molar refractivity (Wildman–Crippen MR) is 105 cm³/mol. The number of hydrogen-bond acceptors (Lipinski definition) is 2. The number of carbonyl (C=O) groups is 1. The molecule has 0 atom stereocenters. The number of rotatable bonds is 4. The minimum absolute atomic E-state index is 0.247. The van der Waals surface area contributed by atoms with Crippen LogP contribution in [0.2, 0.25) is 10.0 Å². The number of hydrogen-bond donors (Lipinski definition) is 1. The highest BCUT2D eigenvalue weighted by Crippen LogP contribution is 2.36. The molecule has 0 unspecified atom stereocenters. The van der Waals surface area contributed by atoms with Crippen molar-refractivity contribution in [2.75, 3.05) is 12.4 Å². The summed E-state index contributed by atoms with van der Waals surface area (Å²) in [6.45, 7) is 0. The highest BCUT2D eigenvalue weighted by atomic mass is 127. The summed E-state index contributed by atoms with van der Waals surface area (Å²) in [5.74, 6) is -0.444. The van der Waals surface area contributed by atoms with E-state index in [9.17, 15) is 18.0 Å². The van der Waals surface area contributed by atoms with Crippen molar-refractivity contribution >= 4 is 63.5 Å². The number of carbonyl (C=O) groups excluding carboxylic acids is 1. The average Bonchev–Trinajstić information content (AvgIpc) is 2.53. The highest BCUT2D eigenvalue weighted by molar-refractivity contribution is 14.1. The lowest BCUT2D eigenvalue weighted by molar-refractivity contribution is -0.137. The zero-order valence-corrected chi connectivity index (χ0v) is 16.8. The molecule has 1 N–H and O–H groups in total. The normalized spacial score (nSPS) is 11.7. The molecular weight excluding hydrogens is 505 g/mol. The summed E-state index contributed by atoms with van der Waals surface area (Å²) < 4.78 is 44.8. The summed E-state index contributed by atoms with van der Waals surface area (Å²) in [5.41, 5.74) is -0.836. The molecule has 0 aromatic heterocycles. The average molecular weight is 516 g/mol. The summed E-state index contributed by atoms with van der Waals surface area (Å²) in [4.78, 5) is 12.0. The number of methoxy groups -OCH3 is 1. The molecule has 2 aromatic rings. The Labute approximate surface area is 171 Å². The van der Waals surface area contributed by atoms with E-state index in [1.807, 2.05) is 0 Å². The standard InChI is InChI=1S/C17H11Cl2F3INO2/c1-26-16-9(6-10(18)7-13(16)19)2-5-15(25)24-14-4-3-11(23)8-12(14)17(20,21)22/h2-8H,1H3,(H,24,25). The Morgan fingerprint density at radius 3 is 2.54 bits per heavy atom. The lowest BCUT2D eigenvalue weighted by Crippen LogP contribution is -2.15. The predicted octanol–water partition coefficient (Wildman–Crippen LogP) is 6.28. The SMILES string of the molecule is COc1c(Cl)cc(Cl)cc1C=CC(=O)Nc1ccc(I)cc1C(F)(F)F. The van der Waals surface area contributed by atoms with Gasteiger partial charge in [0.1, 0.15) is 5.75 Å². The summed E-state index contributed by atoms with van der Waals surface area (Å²) in [6, 6.07) is 6.62. The first-order chi connectivity index (χ1) is 12.1. The fraction of sp³-hybridized carbons (Fsp3) is 0.118. The second kappa shape index (κ2) is 8.49. The largest absolute Gasteiger partial charge is 0.495 e. The lowest BCUT2D eigenvalue weighted by Gasteiger charge is -2.13. The van der Waals surface area contributed by atoms with Crippen LogP contribution >= 0.6 is 45.8 Å². The summed E-state index contributed by atoms with van der Waals surface area (Å²) in [7, 11) is 1.40. The van der Waals surface area contributed by atoms with Crippen LogP contribution in [0.25, 0.3) is 6.08 Å². The highest BCUT2D eigenvalue weighted by Gasteiger charge is 2.34. The van der Waals surface area contributed by atoms with Crippen molar-refractivity contribution in [1.82, 2.24) is 0 Å². The third-order valence-electron chi connectivity index (χ3n) is 3.20. The molecule has 9 heteroatoms. The molecule has 0 heterocycles. The Morgan fingerprint density at radius 1 is 1.23 bits per heavy atom. The Bertz CT molecular complexity index is 870. The minimum Gasteiger partial charge on any atom is -0.495 e. The molecule has 138 valence electrons. The van der Waals surface area contributed by atoms with Crippen LogP contribution in [0.3, 0.4) is 0 Å². The van der Waals surface area contributed by atoms with E-state index in [0.717, 1.165) is 12.1 Å². The molecule has 0 aliphatic rings. The quantitative estimate of drug-likeness (QED) is 0.384. The molecule has 2 rings (SSSR count). The molecule has 3 nitrogen and oxygen atoms in total. The van der Waals surface area contributed by atoms with Gasteiger partial charge in [-0.25, -0.2) is 0 Å². The number of benzene rings is 2. The van der Waals surface area contributed by atoms with Crippen LogP contribution in [0.15, 0.2) is 36.4 Å². The first-order valence-corrected chi connectivity index (χ1v) is 8.84. The number of anilines is 1. The van der Waals surface area contributed by atoms with E-state index in [1.165, 1.54) is 37.5 Å². The molecule has 0 saturated carbocycles. The van der Waals surface area contributed by atoms with E-state index in [0.29, 0.717) is 19.9 Å². The topological polar surface area (TPSA) is 38.3 Å². The van der Waals surface area contributed by atoms with Gasteiger partial charge in [-0.15, -0.1) is 0 Å². The fourth-order valence-corrected chi connectivity index (χ4v) is 3.20. The third kappa shape index (κ3) is 5.28.